The Kier molecular flexibility index (Phi) is 6.07. The Labute approximate surface area is 173 Å². The molecule has 0 aliphatic carbocycles. The highest BCUT2D eigenvalue weighted by atomic mass is 16.3. The summed E-state index contributed by atoms with van der Waals surface area (Å²) < 4.78 is 5.22. The highest BCUT2D eigenvalue weighted by molar-refractivity contribution is 5.77. The molecule has 0 aliphatic heterocycles. The van der Waals surface area contributed by atoms with Crippen molar-refractivity contribution < 1.29 is 4.42 Å². The van der Waals surface area contributed by atoms with E-state index >= 15 is 0 Å². The highest BCUT2D eigenvalue weighted by Crippen LogP contribution is 2.18. The zero-order valence-electron chi connectivity index (χ0n) is 15.9. The van der Waals surface area contributed by atoms with Crippen molar-refractivity contribution in [1.82, 2.24) is 15.0 Å². The second-order valence-electron chi connectivity index (χ2n) is 6.05. The monoisotopic (exact) mass is 397 g/mol. The standard InChI is InChI=1S/C22H19N7O/c1-3-9-17(10-4-1)24-20-26-21(25-18-11-5-2-6-12-18)28-22(27-20)29-23-15-7-13-19-14-8-16-30-19/h1-16H,(H3,24,25,26,27,28,29)/b13-7+,23-15-. The van der Waals surface area contributed by atoms with Crippen molar-refractivity contribution in [2.75, 3.05) is 16.1 Å². The molecule has 0 saturated heterocycles. The lowest BCUT2D eigenvalue weighted by atomic mass is 10.3. The summed E-state index contributed by atoms with van der Waals surface area (Å²) in [4.78, 5) is 13.2. The van der Waals surface area contributed by atoms with E-state index in [1.165, 1.54) is 0 Å². The van der Waals surface area contributed by atoms with Gasteiger partial charge in [-0.05, 0) is 48.6 Å². The third kappa shape index (κ3) is 5.52. The maximum absolute atomic E-state index is 5.22. The van der Waals surface area contributed by atoms with Gasteiger partial charge in [-0.3, -0.25) is 0 Å². The predicted octanol–water partition coefficient (Wildman–Crippen LogP) is 5.06. The number of rotatable bonds is 8. The number of nitrogens with one attached hydrogen (secondary N) is 3. The minimum absolute atomic E-state index is 0.296. The molecule has 30 heavy (non-hydrogen) atoms. The number of hydrazone groups is 1. The summed E-state index contributed by atoms with van der Waals surface area (Å²) in [5.41, 5.74) is 4.55. The molecule has 2 heterocycles. The van der Waals surface area contributed by atoms with Crippen LogP contribution in [0, 0.1) is 0 Å². The van der Waals surface area contributed by atoms with E-state index in [1.54, 1.807) is 24.6 Å². The van der Waals surface area contributed by atoms with Crippen LogP contribution in [0.3, 0.4) is 0 Å². The Morgan fingerprint density at radius 1 is 0.700 bits per heavy atom. The van der Waals surface area contributed by atoms with Crippen LogP contribution in [0.15, 0.2) is 94.7 Å². The molecule has 2 aromatic heterocycles. The van der Waals surface area contributed by atoms with Gasteiger partial charge in [0.05, 0.1) is 6.26 Å². The van der Waals surface area contributed by atoms with Crippen molar-refractivity contribution in [2.24, 2.45) is 5.10 Å². The summed E-state index contributed by atoms with van der Waals surface area (Å²) in [6.45, 7) is 0. The fourth-order valence-electron chi connectivity index (χ4n) is 2.50. The Morgan fingerprint density at radius 2 is 1.30 bits per heavy atom. The zero-order valence-corrected chi connectivity index (χ0v) is 15.9. The molecule has 8 heteroatoms. The van der Waals surface area contributed by atoms with Gasteiger partial charge in [0.15, 0.2) is 0 Å². The van der Waals surface area contributed by atoms with Gasteiger partial charge in [-0.15, -0.1) is 0 Å². The fourth-order valence-corrected chi connectivity index (χ4v) is 2.50. The minimum atomic E-state index is 0.296. The molecule has 148 valence electrons. The molecule has 0 radical (unpaired) electrons. The number of allylic oxidation sites excluding steroid dienone is 1. The van der Waals surface area contributed by atoms with Gasteiger partial charge in [-0.2, -0.15) is 20.1 Å². The number of hydrogen-bond acceptors (Lipinski definition) is 8. The van der Waals surface area contributed by atoms with Crippen LogP contribution in [-0.4, -0.2) is 21.2 Å². The molecule has 0 aliphatic rings. The van der Waals surface area contributed by atoms with Gasteiger partial charge in [0.2, 0.25) is 17.8 Å². The zero-order chi connectivity index (χ0) is 20.4. The number of furan rings is 1. The molecule has 0 spiro atoms. The molecule has 8 nitrogen and oxygen atoms in total. The van der Waals surface area contributed by atoms with Crippen LogP contribution in [0.4, 0.5) is 29.2 Å². The lowest BCUT2D eigenvalue weighted by molar-refractivity contribution is 0.557. The van der Waals surface area contributed by atoms with Crippen LogP contribution in [0.5, 0.6) is 0 Å². The first-order valence-electron chi connectivity index (χ1n) is 9.25. The molecule has 4 rings (SSSR count). The molecule has 0 unspecified atom stereocenters. The molecule has 3 N–H and O–H groups in total. The van der Waals surface area contributed by atoms with Crippen LogP contribution in [-0.2, 0) is 0 Å². The summed E-state index contributed by atoms with van der Waals surface area (Å²) in [6, 6.07) is 23.0. The van der Waals surface area contributed by atoms with Crippen molar-refractivity contribution in [1.29, 1.82) is 0 Å². The van der Waals surface area contributed by atoms with Crippen molar-refractivity contribution in [3.05, 3.63) is 90.9 Å². The van der Waals surface area contributed by atoms with E-state index in [0.29, 0.717) is 17.8 Å². The number of aromatic nitrogens is 3. The Hall–Kier alpha value is -4.46. The summed E-state index contributed by atoms with van der Waals surface area (Å²) in [5.74, 6) is 1.81. The maximum Gasteiger partial charge on any atom is 0.250 e. The SMILES string of the molecule is C(/C=C/c1ccco1)=N/Nc1nc(Nc2ccccc2)nc(Nc2ccccc2)n1. The molecule has 0 fully saturated rings. The average molecular weight is 397 g/mol. The largest absolute Gasteiger partial charge is 0.465 e. The second-order valence-corrected chi connectivity index (χ2v) is 6.05. The summed E-state index contributed by atoms with van der Waals surface area (Å²) in [5, 5.41) is 10.5. The highest BCUT2D eigenvalue weighted by Gasteiger charge is 2.07. The van der Waals surface area contributed by atoms with Gasteiger partial charge < -0.3 is 15.1 Å². The molecule has 0 saturated carbocycles. The van der Waals surface area contributed by atoms with E-state index < -0.39 is 0 Å². The third-order valence-electron chi connectivity index (χ3n) is 3.82. The van der Waals surface area contributed by atoms with Crippen LogP contribution in [0.25, 0.3) is 6.08 Å². The van der Waals surface area contributed by atoms with Gasteiger partial charge in [0.1, 0.15) is 5.76 Å². The first-order valence-corrected chi connectivity index (χ1v) is 9.25. The molecule has 2 aromatic carbocycles. The number of nitrogens with zero attached hydrogens (tertiary/aromatic N) is 4. The lowest BCUT2D eigenvalue weighted by Crippen LogP contribution is -2.07. The van der Waals surface area contributed by atoms with Crippen molar-refractivity contribution in [3.8, 4) is 0 Å². The number of benzene rings is 2. The topological polar surface area (TPSA) is 100 Å². The Bertz CT molecular complexity index is 1050. The van der Waals surface area contributed by atoms with Gasteiger partial charge in [-0.1, -0.05) is 36.4 Å². The normalized spacial score (nSPS) is 11.1. The van der Waals surface area contributed by atoms with Gasteiger partial charge in [0.25, 0.3) is 0 Å². The molecular weight excluding hydrogens is 378 g/mol. The second kappa shape index (κ2) is 9.65. The molecular formula is C22H19N7O. The number of para-hydroxylation sites is 2. The van der Waals surface area contributed by atoms with Crippen LogP contribution in [0.2, 0.25) is 0 Å². The van der Waals surface area contributed by atoms with Gasteiger partial charge in [0, 0.05) is 17.6 Å². The van der Waals surface area contributed by atoms with Crippen LogP contribution in [0.1, 0.15) is 5.76 Å². The molecule has 0 amide bonds. The molecule has 0 bridgehead atoms. The van der Waals surface area contributed by atoms with Crippen molar-refractivity contribution in [3.63, 3.8) is 0 Å². The van der Waals surface area contributed by atoms with E-state index in [-0.39, 0.29) is 0 Å². The van der Waals surface area contributed by atoms with Gasteiger partial charge >= 0.3 is 0 Å². The lowest BCUT2D eigenvalue weighted by Gasteiger charge is -2.10. The molecule has 0 atom stereocenters. The van der Waals surface area contributed by atoms with E-state index in [1.807, 2.05) is 72.8 Å². The smallest absolute Gasteiger partial charge is 0.250 e. The van der Waals surface area contributed by atoms with Crippen molar-refractivity contribution in [2.45, 2.75) is 0 Å². The quantitative estimate of drug-likeness (QED) is 0.282. The maximum atomic E-state index is 5.22. The number of hydrogen-bond donors (Lipinski definition) is 3. The summed E-state index contributed by atoms with van der Waals surface area (Å²) in [7, 11) is 0. The predicted molar refractivity (Wildman–Crippen MR) is 119 cm³/mol. The van der Waals surface area contributed by atoms with E-state index in [9.17, 15) is 0 Å². The van der Waals surface area contributed by atoms with Gasteiger partial charge in [-0.25, -0.2) is 5.43 Å². The van der Waals surface area contributed by atoms with Crippen LogP contribution >= 0.6 is 0 Å². The minimum Gasteiger partial charge on any atom is -0.465 e. The Balaban J connectivity index is 1.51. The fraction of sp³-hybridized carbons (Fsp3) is 0. The first-order chi connectivity index (χ1) is 14.8. The number of anilines is 5. The van der Waals surface area contributed by atoms with Crippen LogP contribution < -0.4 is 16.1 Å². The van der Waals surface area contributed by atoms with E-state index in [0.717, 1.165) is 17.1 Å². The van der Waals surface area contributed by atoms with Crippen molar-refractivity contribution >= 4 is 41.5 Å². The summed E-state index contributed by atoms with van der Waals surface area (Å²) >= 11 is 0. The average Bonchev–Trinajstić information content (AvgIpc) is 3.28. The Morgan fingerprint density at radius 3 is 1.87 bits per heavy atom. The van der Waals surface area contributed by atoms with E-state index in [2.05, 4.69) is 36.1 Å². The third-order valence-corrected chi connectivity index (χ3v) is 3.82. The summed E-state index contributed by atoms with van der Waals surface area (Å²) in [6.07, 6.45) is 6.74. The van der Waals surface area contributed by atoms with E-state index in [4.69, 9.17) is 4.42 Å². The molecule has 4 aromatic rings. The first kappa shape index (κ1) is 18.9.